The Morgan fingerprint density at radius 1 is 1.23 bits per heavy atom. The lowest BCUT2D eigenvalue weighted by Crippen LogP contribution is -2.41. The van der Waals surface area contributed by atoms with Gasteiger partial charge in [0.1, 0.15) is 0 Å². The lowest BCUT2D eigenvalue weighted by molar-refractivity contribution is 0.261. The summed E-state index contributed by atoms with van der Waals surface area (Å²) >= 11 is 0. The predicted molar refractivity (Wildman–Crippen MR) is 51.9 cm³/mol. The van der Waals surface area contributed by atoms with Crippen LogP contribution in [0, 0.1) is 11.8 Å². The molecule has 0 N–H and O–H groups in total. The van der Waals surface area contributed by atoms with Crippen LogP contribution in [-0.2, 0) is 10.0 Å². The minimum absolute atomic E-state index is 0.256. The Morgan fingerprint density at radius 3 is 2.23 bits per heavy atom. The van der Waals surface area contributed by atoms with E-state index in [2.05, 4.69) is 0 Å². The minimum atomic E-state index is -2.91. The Morgan fingerprint density at radius 2 is 1.77 bits per heavy atom. The van der Waals surface area contributed by atoms with Gasteiger partial charge in [-0.05, 0) is 38.0 Å². The van der Waals surface area contributed by atoms with Gasteiger partial charge in [0.2, 0.25) is 10.0 Å². The zero-order chi connectivity index (χ0) is 9.47. The lowest BCUT2D eigenvalue weighted by atomic mass is 10.0. The van der Waals surface area contributed by atoms with Crippen LogP contribution in [0.25, 0.3) is 0 Å². The van der Waals surface area contributed by atoms with Crippen LogP contribution in [0.3, 0.4) is 0 Å². The van der Waals surface area contributed by atoms with E-state index in [1.165, 1.54) is 19.3 Å². The SMILES string of the molecule is CCS(=O)(=O)N1C[C@@H]2CC[C@@H](C2)C1. The summed E-state index contributed by atoms with van der Waals surface area (Å²) in [5.74, 6) is 1.56. The number of sulfonamides is 1. The maximum atomic E-state index is 11.6. The van der Waals surface area contributed by atoms with E-state index in [1.54, 1.807) is 11.2 Å². The highest BCUT2D eigenvalue weighted by atomic mass is 32.2. The van der Waals surface area contributed by atoms with E-state index in [9.17, 15) is 8.42 Å². The van der Waals surface area contributed by atoms with Gasteiger partial charge in [-0.15, -0.1) is 0 Å². The van der Waals surface area contributed by atoms with E-state index < -0.39 is 10.0 Å². The Kier molecular flexibility index (Phi) is 2.36. The van der Waals surface area contributed by atoms with Crippen LogP contribution < -0.4 is 0 Å². The maximum absolute atomic E-state index is 11.6. The zero-order valence-electron chi connectivity index (χ0n) is 8.07. The third kappa shape index (κ3) is 1.74. The van der Waals surface area contributed by atoms with Crippen molar-refractivity contribution < 1.29 is 8.42 Å². The molecule has 2 aliphatic rings. The molecule has 2 fully saturated rings. The van der Waals surface area contributed by atoms with Crippen molar-refractivity contribution in [1.29, 1.82) is 0 Å². The predicted octanol–water partition coefficient (Wildman–Crippen LogP) is 1.07. The molecular formula is C9H17NO2S. The first kappa shape index (κ1) is 9.46. The van der Waals surface area contributed by atoms with Gasteiger partial charge in [0.05, 0.1) is 5.75 Å². The number of nitrogens with zero attached hydrogens (tertiary/aromatic N) is 1. The molecule has 2 atom stereocenters. The molecule has 13 heavy (non-hydrogen) atoms. The molecule has 4 heteroatoms. The molecule has 0 aromatic carbocycles. The van der Waals surface area contributed by atoms with Crippen LogP contribution in [0.15, 0.2) is 0 Å². The summed E-state index contributed by atoms with van der Waals surface area (Å²) in [7, 11) is -2.91. The van der Waals surface area contributed by atoms with Crippen LogP contribution >= 0.6 is 0 Å². The molecule has 2 bridgehead atoms. The van der Waals surface area contributed by atoms with Crippen molar-refractivity contribution in [2.75, 3.05) is 18.8 Å². The monoisotopic (exact) mass is 203 g/mol. The molecule has 1 saturated heterocycles. The van der Waals surface area contributed by atoms with Crippen LogP contribution in [0.4, 0.5) is 0 Å². The molecule has 1 aliphatic carbocycles. The number of piperidine rings is 1. The second kappa shape index (κ2) is 3.24. The first-order chi connectivity index (χ1) is 6.12. The van der Waals surface area contributed by atoms with Gasteiger partial charge in [0.25, 0.3) is 0 Å². The lowest BCUT2D eigenvalue weighted by Gasteiger charge is -2.30. The second-order valence-electron chi connectivity index (χ2n) is 4.26. The molecule has 0 amide bonds. The topological polar surface area (TPSA) is 37.4 Å². The van der Waals surface area contributed by atoms with Gasteiger partial charge in [-0.2, -0.15) is 0 Å². The Bertz CT molecular complexity index is 274. The summed E-state index contributed by atoms with van der Waals surface area (Å²) in [6.07, 6.45) is 3.73. The molecule has 0 spiro atoms. The molecule has 1 aliphatic heterocycles. The van der Waals surface area contributed by atoms with E-state index >= 15 is 0 Å². The van der Waals surface area contributed by atoms with Gasteiger partial charge in [0.15, 0.2) is 0 Å². The van der Waals surface area contributed by atoms with Gasteiger partial charge >= 0.3 is 0 Å². The summed E-state index contributed by atoms with van der Waals surface area (Å²) < 4.78 is 24.9. The van der Waals surface area contributed by atoms with Gasteiger partial charge in [-0.1, -0.05) is 0 Å². The highest BCUT2D eigenvalue weighted by molar-refractivity contribution is 7.89. The van der Waals surface area contributed by atoms with Gasteiger partial charge < -0.3 is 0 Å². The minimum Gasteiger partial charge on any atom is -0.212 e. The molecule has 2 rings (SSSR count). The molecule has 3 nitrogen and oxygen atoms in total. The summed E-state index contributed by atoms with van der Waals surface area (Å²) in [4.78, 5) is 0. The van der Waals surface area contributed by atoms with Crippen molar-refractivity contribution >= 4 is 10.0 Å². The second-order valence-corrected chi connectivity index (χ2v) is 6.52. The largest absolute Gasteiger partial charge is 0.213 e. The summed E-state index contributed by atoms with van der Waals surface area (Å²) in [5.41, 5.74) is 0. The average Bonchev–Trinajstić information content (AvgIpc) is 2.45. The van der Waals surface area contributed by atoms with E-state index in [1.807, 2.05) is 0 Å². The fourth-order valence-corrected chi connectivity index (χ4v) is 3.81. The molecule has 0 unspecified atom stereocenters. The molecule has 1 heterocycles. The molecule has 0 aromatic heterocycles. The first-order valence-corrected chi connectivity index (χ1v) is 6.70. The van der Waals surface area contributed by atoms with Crippen LogP contribution in [0.5, 0.6) is 0 Å². The third-order valence-corrected chi connectivity index (χ3v) is 5.15. The molecule has 76 valence electrons. The average molecular weight is 203 g/mol. The van der Waals surface area contributed by atoms with Crippen molar-refractivity contribution in [3.63, 3.8) is 0 Å². The summed E-state index contributed by atoms with van der Waals surface area (Å²) in [6, 6.07) is 0. The Hall–Kier alpha value is -0.0900. The highest BCUT2D eigenvalue weighted by Crippen LogP contribution is 2.37. The quantitative estimate of drug-likeness (QED) is 0.673. The van der Waals surface area contributed by atoms with Crippen molar-refractivity contribution in [3.05, 3.63) is 0 Å². The summed E-state index contributed by atoms with van der Waals surface area (Å²) in [5, 5.41) is 0. The van der Waals surface area contributed by atoms with Gasteiger partial charge in [0, 0.05) is 13.1 Å². The molecule has 1 saturated carbocycles. The smallest absolute Gasteiger partial charge is 0.212 e. The zero-order valence-corrected chi connectivity index (χ0v) is 8.89. The normalized spacial score (nSPS) is 35.2. The van der Waals surface area contributed by atoms with E-state index in [4.69, 9.17) is 0 Å². The fraction of sp³-hybridized carbons (Fsp3) is 1.00. The van der Waals surface area contributed by atoms with Crippen molar-refractivity contribution in [1.82, 2.24) is 4.31 Å². The number of fused-ring (bicyclic) bond motifs is 2. The first-order valence-electron chi connectivity index (χ1n) is 5.09. The maximum Gasteiger partial charge on any atom is 0.213 e. The standard InChI is InChI=1S/C9H17NO2S/c1-2-13(11,12)10-6-8-3-4-9(5-8)7-10/h8-9H,2-7H2,1H3/t8-,9+. The van der Waals surface area contributed by atoms with E-state index in [-0.39, 0.29) is 5.75 Å². The van der Waals surface area contributed by atoms with Gasteiger partial charge in [-0.3, -0.25) is 0 Å². The number of hydrogen-bond donors (Lipinski definition) is 0. The number of hydrogen-bond acceptors (Lipinski definition) is 2. The fourth-order valence-electron chi connectivity index (χ4n) is 2.57. The van der Waals surface area contributed by atoms with Gasteiger partial charge in [-0.25, -0.2) is 12.7 Å². The van der Waals surface area contributed by atoms with Crippen LogP contribution in [0.2, 0.25) is 0 Å². The van der Waals surface area contributed by atoms with Crippen LogP contribution in [0.1, 0.15) is 26.2 Å². The van der Waals surface area contributed by atoms with Crippen molar-refractivity contribution in [2.24, 2.45) is 11.8 Å². The Labute approximate surface area is 80.2 Å². The van der Waals surface area contributed by atoms with Crippen molar-refractivity contribution in [3.8, 4) is 0 Å². The Balaban J connectivity index is 2.11. The number of rotatable bonds is 2. The van der Waals surface area contributed by atoms with E-state index in [0.29, 0.717) is 11.8 Å². The van der Waals surface area contributed by atoms with Crippen LogP contribution in [-0.4, -0.2) is 31.6 Å². The highest BCUT2D eigenvalue weighted by Gasteiger charge is 2.36. The molecule has 0 radical (unpaired) electrons. The third-order valence-electron chi connectivity index (χ3n) is 3.33. The molecule has 0 aromatic rings. The van der Waals surface area contributed by atoms with Crippen molar-refractivity contribution in [2.45, 2.75) is 26.2 Å². The van der Waals surface area contributed by atoms with E-state index in [0.717, 1.165) is 13.1 Å². The summed E-state index contributed by atoms with van der Waals surface area (Å²) in [6.45, 7) is 3.30. The molecular weight excluding hydrogens is 186 g/mol.